The topological polar surface area (TPSA) is 80.0 Å². The maximum absolute atomic E-state index is 13.2. The lowest BCUT2D eigenvalue weighted by Gasteiger charge is -2.25. The molecule has 3 heterocycles. The molecule has 0 spiro atoms. The molecule has 1 aliphatic heterocycles. The number of fused-ring (bicyclic) bond motifs is 1. The average Bonchev–Trinajstić information content (AvgIpc) is 3.42. The summed E-state index contributed by atoms with van der Waals surface area (Å²) in [5.41, 5.74) is 0.642. The summed E-state index contributed by atoms with van der Waals surface area (Å²) < 4.78 is 10.8. The molecule has 0 bridgehead atoms. The number of hydrogen-bond donors (Lipinski definition) is 1. The highest BCUT2D eigenvalue weighted by molar-refractivity contribution is 7.10. The van der Waals surface area contributed by atoms with E-state index < -0.39 is 23.5 Å². The van der Waals surface area contributed by atoms with Crippen molar-refractivity contribution >= 4 is 34.0 Å². The number of nitrogens with zero attached hydrogens (tertiary/aromatic N) is 1. The van der Waals surface area contributed by atoms with Crippen LogP contribution in [0.2, 0.25) is 0 Å². The molecule has 1 N–H and O–H groups in total. The lowest BCUT2D eigenvalue weighted by atomic mass is 10.00. The molecule has 0 fully saturated rings. The van der Waals surface area contributed by atoms with Crippen LogP contribution in [0.3, 0.4) is 0 Å². The number of carbonyl (C=O) groups excluding carboxylic acids is 2. The molecule has 1 unspecified atom stereocenters. The number of benzene rings is 1. The van der Waals surface area contributed by atoms with E-state index in [-0.39, 0.29) is 11.3 Å². The van der Waals surface area contributed by atoms with Crippen LogP contribution in [0.15, 0.2) is 63.6 Å². The van der Waals surface area contributed by atoms with Crippen molar-refractivity contribution in [3.8, 4) is 0 Å². The Morgan fingerprint density at radius 1 is 1.29 bits per heavy atom. The first-order valence-corrected chi connectivity index (χ1v) is 9.79. The molecular weight excluding hydrogens is 378 g/mol. The van der Waals surface area contributed by atoms with Crippen LogP contribution in [-0.2, 0) is 9.53 Å². The van der Waals surface area contributed by atoms with Crippen LogP contribution in [0, 0.1) is 0 Å². The van der Waals surface area contributed by atoms with E-state index in [1.54, 1.807) is 19.2 Å². The van der Waals surface area contributed by atoms with Crippen molar-refractivity contribution in [3.63, 3.8) is 0 Å². The number of furan rings is 1. The molecule has 0 saturated carbocycles. The van der Waals surface area contributed by atoms with Gasteiger partial charge in [0.2, 0.25) is 5.78 Å². The maximum atomic E-state index is 13.2. The van der Waals surface area contributed by atoms with Crippen molar-refractivity contribution in [2.45, 2.75) is 12.5 Å². The van der Waals surface area contributed by atoms with Crippen LogP contribution in [0.5, 0.6) is 0 Å². The monoisotopic (exact) mass is 397 g/mol. The minimum Gasteiger partial charge on any atom is -0.503 e. The number of thiophene rings is 1. The van der Waals surface area contributed by atoms with Crippen LogP contribution in [-0.4, -0.2) is 42.0 Å². The van der Waals surface area contributed by atoms with Crippen molar-refractivity contribution in [3.05, 3.63) is 69.8 Å². The maximum Gasteiger partial charge on any atom is 0.290 e. The lowest BCUT2D eigenvalue weighted by molar-refractivity contribution is -0.129. The quantitative estimate of drug-likeness (QED) is 0.479. The summed E-state index contributed by atoms with van der Waals surface area (Å²) in [6, 6.07) is 12.0. The highest BCUT2D eigenvalue weighted by atomic mass is 32.1. The van der Waals surface area contributed by atoms with E-state index in [1.807, 2.05) is 35.7 Å². The van der Waals surface area contributed by atoms with Gasteiger partial charge in [-0.15, -0.1) is 11.3 Å². The minimum absolute atomic E-state index is 0.0592. The predicted octanol–water partition coefficient (Wildman–Crippen LogP) is 4.11. The van der Waals surface area contributed by atoms with Gasteiger partial charge in [0.1, 0.15) is 5.58 Å². The summed E-state index contributed by atoms with van der Waals surface area (Å²) in [5.74, 6) is -1.43. The standard InChI is InChI=1S/C21H19NO5S/c1-26-10-5-9-22-18(16-8-4-11-28-16)17(20(24)21(22)25)19(23)15-12-13-6-2-3-7-14(13)27-15/h2-4,6-8,11-12,18,24H,5,9-10H2,1H3. The normalized spacial score (nSPS) is 17.1. The molecule has 1 aliphatic rings. The average molecular weight is 397 g/mol. The van der Waals surface area contributed by atoms with Crippen molar-refractivity contribution in [2.75, 3.05) is 20.3 Å². The summed E-state index contributed by atoms with van der Waals surface area (Å²) in [6.45, 7) is 0.852. The Hall–Kier alpha value is -2.90. The number of rotatable bonds is 7. The highest BCUT2D eigenvalue weighted by Crippen LogP contribution is 2.41. The first-order valence-electron chi connectivity index (χ1n) is 8.91. The Balaban J connectivity index is 1.74. The molecule has 2 aromatic heterocycles. The van der Waals surface area contributed by atoms with Gasteiger partial charge in [-0.05, 0) is 30.0 Å². The van der Waals surface area contributed by atoms with E-state index in [9.17, 15) is 14.7 Å². The Morgan fingerprint density at radius 3 is 2.82 bits per heavy atom. The van der Waals surface area contributed by atoms with Gasteiger partial charge in [-0.2, -0.15) is 0 Å². The molecule has 1 aromatic carbocycles. The van der Waals surface area contributed by atoms with Gasteiger partial charge in [-0.1, -0.05) is 24.3 Å². The van der Waals surface area contributed by atoms with E-state index in [0.29, 0.717) is 25.2 Å². The molecule has 1 amide bonds. The highest BCUT2D eigenvalue weighted by Gasteiger charge is 2.44. The molecular formula is C21H19NO5S. The number of ether oxygens (including phenoxy) is 1. The van der Waals surface area contributed by atoms with Gasteiger partial charge in [-0.3, -0.25) is 9.59 Å². The number of Topliss-reactive ketones (excluding diaryl/α,β-unsaturated/α-hetero) is 1. The Morgan fingerprint density at radius 2 is 2.11 bits per heavy atom. The molecule has 1 atom stereocenters. The molecule has 0 radical (unpaired) electrons. The summed E-state index contributed by atoms with van der Waals surface area (Å²) >= 11 is 1.44. The van der Waals surface area contributed by atoms with E-state index in [0.717, 1.165) is 10.3 Å². The van der Waals surface area contributed by atoms with E-state index in [2.05, 4.69) is 0 Å². The first-order chi connectivity index (χ1) is 13.6. The lowest BCUT2D eigenvalue weighted by Crippen LogP contribution is -2.32. The molecule has 0 saturated heterocycles. The first kappa shape index (κ1) is 18.5. The number of para-hydroxylation sites is 1. The predicted molar refractivity (Wildman–Crippen MR) is 105 cm³/mol. The fourth-order valence-electron chi connectivity index (χ4n) is 3.46. The summed E-state index contributed by atoms with van der Waals surface area (Å²) in [6.07, 6.45) is 0.601. The number of amides is 1. The number of carbonyl (C=O) groups is 2. The molecule has 3 aromatic rings. The summed E-state index contributed by atoms with van der Waals surface area (Å²) in [5, 5.41) is 13.2. The van der Waals surface area contributed by atoms with Gasteiger partial charge in [0.15, 0.2) is 11.5 Å². The molecule has 144 valence electrons. The van der Waals surface area contributed by atoms with Gasteiger partial charge in [-0.25, -0.2) is 0 Å². The van der Waals surface area contributed by atoms with E-state index >= 15 is 0 Å². The molecule has 7 heteroatoms. The Kier molecular flexibility index (Phi) is 5.02. The van der Waals surface area contributed by atoms with Crippen molar-refractivity contribution < 1.29 is 23.8 Å². The molecule has 4 rings (SSSR count). The van der Waals surface area contributed by atoms with Gasteiger partial charge in [0, 0.05) is 30.5 Å². The Bertz CT molecular complexity index is 1020. The van der Waals surface area contributed by atoms with E-state index in [4.69, 9.17) is 9.15 Å². The van der Waals surface area contributed by atoms with Crippen LogP contribution in [0.1, 0.15) is 27.9 Å². The number of ketones is 1. The third kappa shape index (κ3) is 3.12. The van der Waals surface area contributed by atoms with Crippen LogP contribution in [0.4, 0.5) is 0 Å². The van der Waals surface area contributed by atoms with Gasteiger partial charge in [0.05, 0.1) is 11.6 Å². The number of aliphatic hydroxyl groups is 1. The van der Waals surface area contributed by atoms with Crippen molar-refractivity contribution in [1.82, 2.24) is 4.90 Å². The van der Waals surface area contributed by atoms with Crippen molar-refractivity contribution in [2.24, 2.45) is 0 Å². The number of aliphatic hydroxyl groups excluding tert-OH is 1. The van der Waals surface area contributed by atoms with Crippen molar-refractivity contribution in [1.29, 1.82) is 0 Å². The Labute approximate surface area is 165 Å². The van der Waals surface area contributed by atoms with Crippen LogP contribution in [0.25, 0.3) is 11.0 Å². The minimum atomic E-state index is -0.634. The van der Waals surface area contributed by atoms with Gasteiger partial charge in [0.25, 0.3) is 5.91 Å². The smallest absolute Gasteiger partial charge is 0.290 e. The molecule has 28 heavy (non-hydrogen) atoms. The fourth-order valence-corrected chi connectivity index (χ4v) is 4.31. The van der Waals surface area contributed by atoms with Crippen LogP contribution < -0.4 is 0 Å². The van der Waals surface area contributed by atoms with Crippen LogP contribution >= 0.6 is 11.3 Å². The third-order valence-corrected chi connectivity index (χ3v) is 5.68. The number of methoxy groups -OCH3 is 1. The fraction of sp³-hybridized carbons (Fsp3) is 0.238. The van der Waals surface area contributed by atoms with Gasteiger partial charge < -0.3 is 19.2 Å². The van der Waals surface area contributed by atoms with Gasteiger partial charge >= 0.3 is 0 Å². The summed E-state index contributed by atoms with van der Waals surface area (Å²) in [7, 11) is 1.59. The SMILES string of the molecule is COCCCN1C(=O)C(O)=C(C(=O)c2cc3ccccc3o2)C1c1cccs1. The van der Waals surface area contributed by atoms with E-state index in [1.165, 1.54) is 16.2 Å². The molecule has 0 aliphatic carbocycles. The third-order valence-electron chi connectivity index (χ3n) is 4.76. The second-order valence-electron chi connectivity index (χ2n) is 6.50. The zero-order chi connectivity index (χ0) is 19.7. The number of hydrogen-bond acceptors (Lipinski definition) is 6. The molecule has 6 nitrogen and oxygen atoms in total. The second kappa shape index (κ2) is 7.61. The zero-order valence-corrected chi connectivity index (χ0v) is 16.1. The largest absolute Gasteiger partial charge is 0.503 e. The second-order valence-corrected chi connectivity index (χ2v) is 7.48. The zero-order valence-electron chi connectivity index (χ0n) is 15.3. The summed E-state index contributed by atoms with van der Waals surface area (Å²) in [4.78, 5) is 28.3.